The van der Waals surface area contributed by atoms with Gasteiger partial charge in [0.25, 0.3) is 5.79 Å². The summed E-state index contributed by atoms with van der Waals surface area (Å²) in [6.45, 7) is 1.94. The Hall–Kier alpha value is -2.24. The third-order valence-corrected chi connectivity index (χ3v) is 4.93. The molecule has 0 radical (unpaired) electrons. The van der Waals surface area contributed by atoms with Crippen molar-refractivity contribution in [1.29, 1.82) is 0 Å². The average Bonchev–Trinajstić information content (AvgIpc) is 3.22. The van der Waals surface area contributed by atoms with Crippen LogP contribution >= 0.6 is 0 Å². The minimum atomic E-state index is -1.03. The number of carbonyl (C=O) groups is 2. The predicted octanol–water partition coefficient (Wildman–Crippen LogP) is 3.02. The van der Waals surface area contributed by atoms with Crippen LogP contribution in [0.1, 0.15) is 50.7 Å². The molecule has 0 unspecified atom stereocenters. The van der Waals surface area contributed by atoms with Gasteiger partial charge in [-0.05, 0) is 38.2 Å². The van der Waals surface area contributed by atoms with Crippen molar-refractivity contribution in [2.45, 2.75) is 50.7 Å². The molecule has 0 bridgehead atoms. The molecule has 0 aromatic carbocycles. The quantitative estimate of drug-likeness (QED) is 0.471. The smallest absolute Gasteiger partial charge is 0.349 e. The highest BCUT2D eigenvalue weighted by Gasteiger charge is 2.48. The van der Waals surface area contributed by atoms with E-state index in [4.69, 9.17) is 13.9 Å². The van der Waals surface area contributed by atoms with Crippen LogP contribution in [0, 0.1) is 0 Å². The van der Waals surface area contributed by atoms with Crippen molar-refractivity contribution in [2.24, 2.45) is 0 Å². The van der Waals surface area contributed by atoms with Crippen LogP contribution in [-0.4, -0.2) is 30.8 Å². The molecule has 1 saturated carbocycles. The normalized spacial score (nSPS) is 23.3. The van der Waals surface area contributed by atoms with E-state index in [1.807, 2.05) is 6.07 Å². The first kappa shape index (κ1) is 15.3. The molecule has 6 heteroatoms. The Labute approximate surface area is 140 Å². The second-order valence-electron chi connectivity index (χ2n) is 6.68. The van der Waals surface area contributed by atoms with E-state index in [1.165, 1.54) is 12.5 Å². The summed E-state index contributed by atoms with van der Waals surface area (Å²) >= 11 is 0. The number of esters is 2. The van der Waals surface area contributed by atoms with E-state index in [0.717, 1.165) is 44.7 Å². The number of hydrogen-bond donors (Lipinski definition) is 0. The summed E-state index contributed by atoms with van der Waals surface area (Å²) < 4.78 is 16.6. The largest absolute Gasteiger partial charge is 0.441 e. The first-order valence-electron chi connectivity index (χ1n) is 8.68. The van der Waals surface area contributed by atoms with Gasteiger partial charge in [0.1, 0.15) is 11.3 Å². The zero-order valence-corrected chi connectivity index (χ0v) is 13.6. The molecule has 1 aromatic heterocycles. The maximum absolute atomic E-state index is 12.2. The standard InChI is InChI=1S/C18H21NO5/c20-16-14(17(21)24-18(23-16)8-2-3-9-18)12-13-6-7-15(22-13)19-10-4-1-5-11-19/h6-7,12H,1-5,8-11H2. The second-order valence-corrected chi connectivity index (χ2v) is 6.68. The highest BCUT2D eigenvalue weighted by Crippen LogP contribution is 2.38. The van der Waals surface area contributed by atoms with Gasteiger partial charge in [-0.15, -0.1) is 0 Å². The lowest BCUT2D eigenvalue weighted by Gasteiger charge is -2.32. The fourth-order valence-corrected chi connectivity index (χ4v) is 3.63. The van der Waals surface area contributed by atoms with E-state index in [0.29, 0.717) is 18.6 Å². The number of anilines is 1. The van der Waals surface area contributed by atoms with E-state index in [9.17, 15) is 9.59 Å². The van der Waals surface area contributed by atoms with Crippen molar-refractivity contribution in [1.82, 2.24) is 0 Å². The van der Waals surface area contributed by atoms with Crippen LogP contribution in [0.2, 0.25) is 0 Å². The maximum Gasteiger partial charge on any atom is 0.349 e. The first-order valence-corrected chi connectivity index (χ1v) is 8.68. The number of carbonyl (C=O) groups excluding carboxylic acids is 2. The lowest BCUT2D eigenvalue weighted by molar-refractivity contribution is -0.232. The van der Waals surface area contributed by atoms with Crippen LogP contribution in [0.4, 0.5) is 5.88 Å². The van der Waals surface area contributed by atoms with Crippen LogP contribution in [-0.2, 0) is 19.1 Å². The molecule has 2 aliphatic heterocycles. The van der Waals surface area contributed by atoms with Gasteiger partial charge in [0, 0.05) is 38.1 Å². The molecule has 0 N–H and O–H groups in total. The molecular formula is C18H21NO5. The summed E-state index contributed by atoms with van der Waals surface area (Å²) in [5.41, 5.74) is -0.105. The highest BCUT2D eigenvalue weighted by molar-refractivity contribution is 6.18. The van der Waals surface area contributed by atoms with Crippen LogP contribution in [0.15, 0.2) is 22.1 Å². The molecule has 2 saturated heterocycles. The van der Waals surface area contributed by atoms with Gasteiger partial charge in [-0.25, -0.2) is 9.59 Å². The zero-order chi connectivity index (χ0) is 16.6. The molecule has 0 atom stereocenters. The molecule has 6 nitrogen and oxygen atoms in total. The first-order chi connectivity index (χ1) is 11.7. The minimum absolute atomic E-state index is 0.105. The highest BCUT2D eigenvalue weighted by atomic mass is 16.7. The van der Waals surface area contributed by atoms with Gasteiger partial charge >= 0.3 is 11.9 Å². The predicted molar refractivity (Wildman–Crippen MR) is 86.1 cm³/mol. The summed E-state index contributed by atoms with van der Waals surface area (Å²) in [4.78, 5) is 26.6. The van der Waals surface area contributed by atoms with Gasteiger partial charge in [-0.1, -0.05) is 0 Å². The van der Waals surface area contributed by atoms with Crippen molar-refractivity contribution >= 4 is 23.9 Å². The van der Waals surface area contributed by atoms with Crippen molar-refractivity contribution < 1.29 is 23.5 Å². The van der Waals surface area contributed by atoms with Crippen molar-refractivity contribution in [3.05, 3.63) is 23.5 Å². The molecule has 3 heterocycles. The van der Waals surface area contributed by atoms with Crippen LogP contribution in [0.5, 0.6) is 0 Å². The number of ether oxygens (including phenoxy) is 2. The molecule has 3 fully saturated rings. The minimum Gasteiger partial charge on any atom is -0.441 e. The molecule has 0 amide bonds. The molecule has 1 aromatic rings. The molecule has 1 spiro atoms. The van der Waals surface area contributed by atoms with Crippen LogP contribution in [0.3, 0.4) is 0 Å². The molecular weight excluding hydrogens is 310 g/mol. The van der Waals surface area contributed by atoms with Crippen LogP contribution < -0.4 is 4.90 Å². The van der Waals surface area contributed by atoms with Gasteiger partial charge in [-0.3, -0.25) is 0 Å². The summed E-state index contributed by atoms with van der Waals surface area (Å²) in [6, 6.07) is 3.63. The lowest BCUT2D eigenvalue weighted by atomic mass is 10.1. The van der Waals surface area contributed by atoms with Gasteiger partial charge in [0.05, 0.1) is 0 Å². The Balaban J connectivity index is 1.52. The average molecular weight is 331 g/mol. The zero-order valence-electron chi connectivity index (χ0n) is 13.6. The molecule has 4 rings (SSSR count). The summed E-state index contributed by atoms with van der Waals surface area (Å²) in [6.07, 6.45) is 7.92. The summed E-state index contributed by atoms with van der Waals surface area (Å²) in [5.74, 6) is -1.05. The fraction of sp³-hybridized carbons (Fsp3) is 0.556. The van der Waals surface area contributed by atoms with Gasteiger partial charge in [0.15, 0.2) is 5.88 Å². The Bertz CT molecular complexity index is 655. The molecule has 24 heavy (non-hydrogen) atoms. The number of hydrogen-bond acceptors (Lipinski definition) is 6. The lowest BCUT2D eigenvalue weighted by Crippen LogP contribution is -2.44. The van der Waals surface area contributed by atoms with E-state index >= 15 is 0 Å². The Kier molecular flexibility index (Phi) is 3.82. The molecule has 1 aliphatic carbocycles. The van der Waals surface area contributed by atoms with Crippen molar-refractivity contribution in [3.63, 3.8) is 0 Å². The topological polar surface area (TPSA) is 69.0 Å². The number of rotatable bonds is 2. The van der Waals surface area contributed by atoms with E-state index in [1.54, 1.807) is 6.07 Å². The SMILES string of the molecule is O=C1OC2(CCCC2)OC(=O)C1=Cc1ccc(N2CCCCC2)o1. The summed E-state index contributed by atoms with van der Waals surface area (Å²) in [7, 11) is 0. The van der Waals surface area contributed by atoms with Crippen LogP contribution in [0.25, 0.3) is 6.08 Å². The second kappa shape index (κ2) is 6.00. The fourth-order valence-electron chi connectivity index (χ4n) is 3.63. The van der Waals surface area contributed by atoms with Crippen molar-refractivity contribution in [3.8, 4) is 0 Å². The number of furan rings is 1. The maximum atomic E-state index is 12.2. The van der Waals surface area contributed by atoms with Crippen molar-refractivity contribution in [2.75, 3.05) is 18.0 Å². The number of nitrogens with zero attached hydrogens (tertiary/aromatic N) is 1. The Morgan fingerprint density at radius 1 is 0.917 bits per heavy atom. The summed E-state index contributed by atoms with van der Waals surface area (Å²) in [5, 5.41) is 0. The Morgan fingerprint density at radius 3 is 2.25 bits per heavy atom. The molecule has 3 aliphatic rings. The monoisotopic (exact) mass is 331 g/mol. The third kappa shape index (κ3) is 2.81. The number of piperidine rings is 1. The van der Waals surface area contributed by atoms with Gasteiger partial charge in [0.2, 0.25) is 0 Å². The third-order valence-electron chi connectivity index (χ3n) is 4.93. The van der Waals surface area contributed by atoms with E-state index in [-0.39, 0.29) is 5.57 Å². The molecule has 128 valence electrons. The van der Waals surface area contributed by atoms with Gasteiger partial charge < -0.3 is 18.8 Å². The Morgan fingerprint density at radius 2 is 1.58 bits per heavy atom. The van der Waals surface area contributed by atoms with Gasteiger partial charge in [-0.2, -0.15) is 0 Å². The van der Waals surface area contributed by atoms with E-state index in [2.05, 4.69) is 4.90 Å². The van der Waals surface area contributed by atoms with E-state index < -0.39 is 17.7 Å².